The quantitative estimate of drug-likeness (QED) is 0.917. The van der Waals surface area contributed by atoms with Crippen molar-refractivity contribution in [2.45, 2.75) is 25.5 Å². The first-order chi connectivity index (χ1) is 10.2. The van der Waals surface area contributed by atoms with Crippen LogP contribution in [-0.4, -0.2) is 38.1 Å². The second-order valence-corrected chi connectivity index (χ2v) is 8.70. The number of pyridine rings is 1. The average Bonchev–Trinajstić information content (AvgIpc) is 2.42. The summed E-state index contributed by atoms with van der Waals surface area (Å²) in [6.45, 7) is 5.65. The number of sulfone groups is 1. The minimum atomic E-state index is -3.15. The highest BCUT2D eigenvalue weighted by Crippen LogP contribution is 2.30. The molecular weight excluding hydrogens is 300 g/mol. The SMILES string of the molecule is COc1cccc2c(NCC(C)(C)S(C)(=O)=O)cc(C)nc12. The lowest BCUT2D eigenvalue weighted by molar-refractivity contribution is 0.419. The van der Waals surface area contributed by atoms with Crippen LogP contribution in [0.4, 0.5) is 5.69 Å². The Bertz CT molecular complexity index is 798. The fourth-order valence-corrected chi connectivity index (χ4v) is 2.43. The van der Waals surface area contributed by atoms with Crippen molar-refractivity contribution in [3.63, 3.8) is 0 Å². The second-order valence-electron chi connectivity index (χ2n) is 6.05. The lowest BCUT2D eigenvalue weighted by Gasteiger charge is -2.24. The van der Waals surface area contributed by atoms with Crippen LogP contribution in [0, 0.1) is 6.92 Å². The van der Waals surface area contributed by atoms with E-state index >= 15 is 0 Å². The van der Waals surface area contributed by atoms with Gasteiger partial charge < -0.3 is 10.1 Å². The molecule has 0 radical (unpaired) electrons. The van der Waals surface area contributed by atoms with E-state index in [0.29, 0.717) is 12.3 Å². The van der Waals surface area contributed by atoms with Gasteiger partial charge in [-0.2, -0.15) is 0 Å². The molecule has 120 valence electrons. The number of para-hydroxylation sites is 1. The van der Waals surface area contributed by atoms with Gasteiger partial charge in [-0.1, -0.05) is 12.1 Å². The molecular formula is C16H22N2O3S. The number of methoxy groups -OCH3 is 1. The summed E-state index contributed by atoms with van der Waals surface area (Å²) >= 11 is 0. The highest BCUT2D eigenvalue weighted by Gasteiger charge is 2.30. The van der Waals surface area contributed by atoms with E-state index in [2.05, 4.69) is 10.3 Å². The Hall–Kier alpha value is -1.82. The van der Waals surface area contributed by atoms with Crippen molar-refractivity contribution in [1.29, 1.82) is 0 Å². The molecule has 0 aliphatic rings. The summed E-state index contributed by atoms with van der Waals surface area (Å²) in [7, 11) is -1.54. The minimum Gasteiger partial charge on any atom is -0.494 e. The van der Waals surface area contributed by atoms with Gasteiger partial charge in [0.25, 0.3) is 0 Å². The Morgan fingerprint density at radius 2 is 2.00 bits per heavy atom. The summed E-state index contributed by atoms with van der Waals surface area (Å²) in [5, 5.41) is 4.16. The van der Waals surface area contributed by atoms with Gasteiger partial charge in [0.2, 0.25) is 0 Å². The molecule has 5 nitrogen and oxygen atoms in total. The molecule has 0 atom stereocenters. The summed E-state index contributed by atoms with van der Waals surface area (Å²) in [6, 6.07) is 7.62. The molecule has 22 heavy (non-hydrogen) atoms. The Kier molecular flexibility index (Phi) is 4.33. The summed E-state index contributed by atoms with van der Waals surface area (Å²) in [4.78, 5) is 4.52. The highest BCUT2D eigenvalue weighted by atomic mass is 32.2. The lowest BCUT2D eigenvalue weighted by Crippen LogP contribution is -2.38. The Morgan fingerprint density at radius 1 is 1.32 bits per heavy atom. The van der Waals surface area contributed by atoms with Crippen molar-refractivity contribution < 1.29 is 13.2 Å². The fourth-order valence-electron chi connectivity index (χ4n) is 2.10. The number of aryl methyl sites for hydroxylation is 1. The molecule has 1 aromatic carbocycles. The van der Waals surface area contributed by atoms with E-state index < -0.39 is 14.6 Å². The topological polar surface area (TPSA) is 68.3 Å². The lowest BCUT2D eigenvalue weighted by atomic mass is 10.1. The molecule has 0 saturated heterocycles. The molecule has 0 amide bonds. The van der Waals surface area contributed by atoms with Crippen LogP contribution in [0.15, 0.2) is 24.3 Å². The summed E-state index contributed by atoms with van der Waals surface area (Å²) in [6.07, 6.45) is 1.26. The van der Waals surface area contributed by atoms with Crippen LogP contribution in [0.3, 0.4) is 0 Å². The molecule has 0 bridgehead atoms. The van der Waals surface area contributed by atoms with E-state index in [0.717, 1.165) is 22.3 Å². The predicted molar refractivity (Wildman–Crippen MR) is 90.4 cm³/mol. The highest BCUT2D eigenvalue weighted by molar-refractivity contribution is 7.92. The smallest absolute Gasteiger partial charge is 0.154 e. The molecule has 0 aliphatic heterocycles. The predicted octanol–water partition coefficient (Wildman–Crippen LogP) is 2.79. The van der Waals surface area contributed by atoms with Crippen LogP contribution in [0.5, 0.6) is 5.75 Å². The zero-order chi connectivity index (χ0) is 16.5. The van der Waals surface area contributed by atoms with Crippen LogP contribution < -0.4 is 10.1 Å². The van der Waals surface area contributed by atoms with E-state index in [1.165, 1.54) is 6.26 Å². The molecule has 6 heteroatoms. The van der Waals surface area contributed by atoms with E-state index in [1.807, 2.05) is 31.2 Å². The van der Waals surface area contributed by atoms with Crippen molar-refractivity contribution in [2.24, 2.45) is 0 Å². The molecule has 2 aromatic rings. The zero-order valence-electron chi connectivity index (χ0n) is 13.6. The molecule has 0 fully saturated rings. The van der Waals surface area contributed by atoms with Gasteiger partial charge in [-0.3, -0.25) is 0 Å². The normalized spacial score (nSPS) is 12.4. The Labute approximate surface area is 131 Å². The van der Waals surface area contributed by atoms with Crippen molar-refractivity contribution in [1.82, 2.24) is 4.98 Å². The number of fused-ring (bicyclic) bond motifs is 1. The maximum Gasteiger partial charge on any atom is 0.154 e. The van der Waals surface area contributed by atoms with Crippen LogP contribution >= 0.6 is 0 Å². The van der Waals surface area contributed by atoms with E-state index in [1.54, 1.807) is 21.0 Å². The largest absolute Gasteiger partial charge is 0.494 e. The van der Waals surface area contributed by atoms with Crippen LogP contribution in [0.2, 0.25) is 0 Å². The van der Waals surface area contributed by atoms with Crippen molar-refractivity contribution in [2.75, 3.05) is 25.2 Å². The van der Waals surface area contributed by atoms with Gasteiger partial charge >= 0.3 is 0 Å². The number of rotatable bonds is 5. The number of hydrogen-bond donors (Lipinski definition) is 1. The third kappa shape index (κ3) is 3.16. The first kappa shape index (κ1) is 16.5. The minimum absolute atomic E-state index is 0.321. The van der Waals surface area contributed by atoms with Gasteiger partial charge in [-0.25, -0.2) is 13.4 Å². The number of nitrogens with zero attached hydrogens (tertiary/aromatic N) is 1. The summed E-state index contributed by atoms with van der Waals surface area (Å²) in [5.41, 5.74) is 2.47. The maximum absolute atomic E-state index is 11.8. The molecule has 0 aliphatic carbocycles. The maximum atomic E-state index is 11.8. The van der Waals surface area contributed by atoms with Gasteiger partial charge in [0.15, 0.2) is 9.84 Å². The summed E-state index contributed by atoms with van der Waals surface area (Å²) < 4.78 is 28.2. The standard InChI is InChI=1S/C16H22N2O3S/c1-11-9-13(17-10-16(2,3)22(5,19)20)12-7-6-8-14(21-4)15(12)18-11/h6-9H,10H2,1-5H3,(H,17,18). The van der Waals surface area contributed by atoms with Crippen molar-refractivity contribution in [3.05, 3.63) is 30.0 Å². The molecule has 1 aromatic heterocycles. The number of hydrogen-bond acceptors (Lipinski definition) is 5. The van der Waals surface area contributed by atoms with Gasteiger partial charge in [-0.05, 0) is 32.9 Å². The van der Waals surface area contributed by atoms with Crippen molar-refractivity contribution >= 4 is 26.4 Å². The monoisotopic (exact) mass is 322 g/mol. The first-order valence-electron chi connectivity index (χ1n) is 7.03. The number of nitrogens with one attached hydrogen (secondary N) is 1. The third-order valence-corrected chi connectivity index (χ3v) is 6.01. The molecule has 0 unspecified atom stereocenters. The number of ether oxygens (including phenoxy) is 1. The second kappa shape index (κ2) is 5.76. The Balaban J connectivity index is 2.44. The molecule has 1 N–H and O–H groups in total. The number of aromatic nitrogens is 1. The first-order valence-corrected chi connectivity index (χ1v) is 8.93. The van der Waals surface area contributed by atoms with Crippen LogP contribution in [0.25, 0.3) is 10.9 Å². The van der Waals surface area contributed by atoms with E-state index in [-0.39, 0.29) is 0 Å². The molecule has 0 spiro atoms. The van der Waals surface area contributed by atoms with Crippen LogP contribution in [-0.2, 0) is 9.84 Å². The Morgan fingerprint density at radius 3 is 2.59 bits per heavy atom. The molecule has 0 saturated carbocycles. The zero-order valence-corrected chi connectivity index (χ0v) is 14.4. The van der Waals surface area contributed by atoms with Gasteiger partial charge in [-0.15, -0.1) is 0 Å². The van der Waals surface area contributed by atoms with E-state index in [4.69, 9.17) is 4.74 Å². The number of benzene rings is 1. The van der Waals surface area contributed by atoms with Gasteiger partial charge in [0, 0.05) is 29.6 Å². The number of anilines is 1. The van der Waals surface area contributed by atoms with Gasteiger partial charge in [0.05, 0.1) is 11.9 Å². The summed E-state index contributed by atoms with van der Waals surface area (Å²) in [5.74, 6) is 0.701. The van der Waals surface area contributed by atoms with E-state index in [9.17, 15) is 8.42 Å². The fraction of sp³-hybridized carbons (Fsp3) is 0.438. The van der Waals surface area contributed by atoms with Gasteiger partial charge in [0.1, 0.15) is 11.3 Å². The third-order valence-electron chi connectivity index (χ3n) is 3.86. The molecule has 1 heterocycles. The van der Waals surface area contributed by atoms with Crippen molar-refractivity contribution in [3.8, 4) is 5.75 Å². The molecule has 2 rings (SSSR count). The average molecular weight is 322 g/mol. The van der Waals surface area contributed by atoms with Crippen LogP contribution in [0.1, 0.15) is 19.5 Å².